The smallest absolute Gasteiger partial charge is 0.273 e. The van der Waals surface area contributed by atoms with Gasteiger partial charge in [0.1, 0.15) is 11.4 Å². The van der Waals surface area contributed by atoms with Crippen molar-refractivity contribution in [1.82, 2.24) is 39.6 Å². The Balaban J connectivity index is 1.49. The molecule has 13 heteroatoms. The second-order valence-electron chi connectivity index (χ2n) is 7.32. The van der Waals surface area contributed by atoms with Gasteiger partial charge in [-0.3, -0.25) is 19.2 Å². The van der Waals surface area contributed by atoms with E-state index in [0.717, 1.165) is 16.2 Å². The van der Waals surface area contributed by atoms with Gasteiger partial charge in [-0.25, -0.2) is 0 Å². The molecule has 1 amide bonds. The first-order chi connectivity index (χ1) is 16.3. The minimum Gasteiger partial charge on any atom is -0.364 e. The van der Waals surface area contributed by atoms with E-state index < -0.39 is 5.91 Å². The van der Waals surface area contributed by atoms with Gasteiger partial charge < -0.3 is 11.1 Å². The first kappa shape index (κ1) is 21.7. The molecule has 4 heterocycles. The van der Waals surface area contributed by atoms with E-state index in [9.17, 15) is 4.79 Å². The molecule has 5 aromatic rings. The van der Waals surface area contributed by atoms with Crippen molar-refractivity contribution < 1.29 is 4.79 Å². The Morgan fingerprint density at radius 1 is 1.00 bits per heavy atom. The monoisotopic (exact) mass is 494 g/mol. The highest BCUT2D eigenvalue weighted by Gasteiger charge is 2.20. The highest BCUT2D eigenvalue weighted by molar-refractivity contribution is 6.37. The maximum Gasteiger partial charge on any atom is 0.273 e. The third-order valence-electron chi connectivity index (χ3n) is 5.16. The quantitative estimate of drug-likeness (QED) is 0.377. The van der Waals surface area contributed by atoms with E-state index in [4.69, 9.17) is 28.9 Å². The number of aromatic nitrogens is 8. The molecule has 3 N–H and O–H groups in total. The number of aryl methyl sites for hydroxylation is 2. The van der Waals surface area contributed by atoms with Crippen LogP contribution in [0.15, 0.2) is 42.7 Å². The van der Waals surface area contributed by atoms with Crippen LogP contribution in [0, 0.1) is 13.8 Å². The van der Waals surface area contributed by atoms with Gasteiger partial charge in [0.25, 0.3) is 5.91 Å². The topological polar surface area (TPSA) is 142 Å². The van der Waals surface area contributed by atoms with Gasteiger partial charge in [0.2, 0.25) is 0 Å². The molecule has 0 spiro atoms. The number of nitrogens with one attached hydrogen (secondary N) is 1. The number of nitrogens with two attached hydrogens (primary N) is 1. The van der Waals surface area contributed by atoms with Crippen molar-refractivity contribution in [3.63, 3.8) is 0 Å². The van der Waals surface area contributed by atoms with Gasteiger partial charge in [-0.05, 0) is 38.1 Å². The number of hydrogen-bond donors (Lipinski definition) is 2. The van der Waals surface area contributed by atoms with Crippen molar-refractivity contribution in [2.75, 3.05) is 5.32 Å². The molecule has 0 aliphatic rings. The fraction of sp³-hybridized carbons (Fsp3) is 0.0952. The van der Waals surface area contributed by atoms with Crippen LogP contribution in [0.3, 0.4) is 0 Å². The number of primary amides is 1. The molecule has 0 radical (unpaired) electrons. The molecule has 4 aromatic heterocycles. The van der Waals surface area contributed by atoms with Gasteiger partial charge in [0.15, 0.2) is 23.0 Å². The third-order valence-corrected chi connectivity index (χ3v) is 5.77. The summed E-state index contributed by atoms with van der Waals surface area (Å²) in [5.41, 5.74) is 9.32. The van der Waals surface area contributed by atoms with E-state index in [1.165, 1.54) is 0 Å². The van der Waals surface area contributed by atoms with E-state index in [1.54, 1.807) is 42.7 Å². The zero-order valence-electron chi connectivity index (χ0n) is 17.9. The van der Waals surface area contributed by atoms with Crippen molar-refractivity contribution in [2.45, 2.75) is 13.8 Å². The van der Waals surface area contributed by atoms with E-state index in [2.05, 4.69) is 35.7 Å². The normalized spacial score (nSPS) is 11.2. The van der Waals surface area contributed by atoms with Crippen LogP contribution in [-0.2, 0) is 0 Å². The number of hydrogen-bond acceptors (Lipinski definition) is 8. The highest BCUT2D eigenvalue weighted by atomic mass is 35.5. The molecular formula is C21H16Cl2N10O. The fourth-order valence-electron chi connectivity index (χ4n) is 3.36. The molecule has 1 aromatic carbocycles. The minimum atomic E-state index is -0.768. The Bertz CT molecular complexity index is 1540. The molecule has 0 saturated carbocycles. The lowest BCUT2D eigenvalue weighted by atomic mass is 10.3. The van der Waals surface area contributed by atoms with Gasteiger partial charge in [0.05, 0.1) is 33.8 Å². The molecule has 0 aliphatic carbocycles. The van der Waals surface area contributed by atoms with Crippen LogP contribution >= 0.6 is 23.2 Å². The van der Waals surface area contributed by atoms with Crippen LogP contribution in [0.1, 0.15) is 21.9 Å². The van der Waals surface area contributed by atoms with Gasteiger partial charge >= 0.3 is 0 Å². The van der Waals surface area contributed by atoms with Crippen LogP contribution in [0.25, 0.3) is 22.9 Å². The first-order valence-electron chi connectivity index (χ1n) is 9.96. The fourth-order valence-corrected chi connectivity index (χ4v) is 3.91. The minimum absolute atomic E-state index is 0.0814. The molecule has 0 bridgehead atoms. The van der Waals surface area contributed by atoms with Crippen molar-refractivity contribution in [3.05, 3.63) is 69.9 Å². The Kier molecular flexibility index (Phi) is 5.34. The Labute approximate surface area is 202 Å². The van der Waals surface area contributed by atoms with Crippen molar-refractivity contribution in [1.29, 1.82) is 0 Å². The van der Waals surface area contributed by atoms with Gasteiger partial charge in [-0.15, -0.1) is 25.2 Å². The number of amides is 1. The van der Waals surface area contributed by atoms with Crippen LogP contribution in [0.5, 0.6) is 0 Å². The first-order valence-corrected chi connectivity index (χ1v) is 10.7. The second kappa shape index (κ2) is 8.36. The van der Waals surface area contributed by atoms with Gasteiger partial charge in [-0.1, -0.05) is 29.3 Å². The van der Waals surface area contributed by atoms with Crippen molar-refractivity contribution in [3.8, 4) is 17.2 Å². The maximum absolute atomic E-state index is 12.0. The zero-order valence-corrected chi connectivity index (χ0v) is 19.4. The molecular weight excluding hydrogens is 479 g/mol. The predicted molar refractivity (Wildman–Crippen MR) is 127 cm³/mol. The largest absolute Gasteiger partial charge is 0.364 e. The maximum atomic E-state index is 12.0. The summed E-state index contributed by atoms with van der Waals surface area (Å²) in [6.07, 6.45) is 3.24. The molecule has 34 heavy (non-hydrogen) atoms. The molecule has 0 saturated heterocycles. The summed E-state index contributed by atoms with van der Waals surface area (Å²) in [5.74, 6) is -0.0546. The third kappa shape index (κ3) is 3.70. The average molecular weight is 495 g/mol. The molecule has 11 nitrogen and oxygen atoms in total. The Hall–Kier alpha value is -4.09. The summed E-state index contributed by atoms with van der Waals surface area (Å²) in [6.45, 7) is 3.86. The summed E-state index contributed by atoms with van der Waals surface area (Å²) < 4.78 is 1.89. The standard InChI is InChI=1S/C21H16Cl2N10O/c1-10-11(2)32-16(9-25-10)28-29-21(32)15-7-6-12(8-26-15)27-20-17(19(24)34)30-33(31-20)18-13(22)4-3-5-14(18)23/h3-9H,1-2H3,(H2,24,34)(H,27,31). The summed E-state index contributed by atoms with van der Waals surface area (Å²) in [7, 11) is 0. The number of nitrogens with zero attached hydrogens (tertiary/aromatic N) is 8. The van der Waals surface area contributed by atoms with Crippen molar-refractivity contribution in [2.24, 2.45) is 5.73 Å². The van der Waals surface area contributed by atoms with Crippen molar-refractivity contribution >= 4 is 46.3 Å². The van der Waals surface area contributed by atoms with E-state index in [0.29, 0.717) is 38.6 Å². The lowest BCUT2D eigenvalue weighted by molar-refractivity contribution is 0.0996. The van der Waals surface area contributed by atoms with Gasteiger partial charge in [-0.2, -0.15) is 0 Å². The number of carbonyl (C=O) groups excluding carboxylic acids is 1. The van der Waals surface area contributed by atoms with Crippen LogP contribution in [0.2, 0.25) is 10.0 Å². The summed E-state index contributed by atoms with van der Waals surface area (Å²) in [5, 5.41) is 20.5. The van der Waals surface area contributed by atoms with Crippen LogP contribution < -0.4 is 11.1 Å². The molecule has 5 rings (SSSR count). The number of anilines is 2. The average Bonchev–Trinajstić information content (AvgIpc) is 3.42. The summed E-state index contributed by atoms with van der Waals surface area (Å²) in [6, 6.07) is 8.50. The molecule has 0 atom stereocenters. The van der Waals surface area contributed by atoms with E-state index >= 15 is 0 Å². The Morgan fingerprint density at radius 2 is 1.76 bits per heavy atom. The number of carbonyl (C=O) groups is 1. The predicted octanol–water partition coefficient (Wildman–Crippen LogP) is 3.53. The highest BCUT2D eigenvalue weighted by Crippen LogP contribution is 2.29. The van der Waals surface area contributed by atoms with E-state index in [1.807, 2.05) is 18.2 Å². The number of para-hydroxylation sites is 1. The van der Waals surface area contributed by atoms with Gasteiger partial charge in [0, 0.05) is 5.69 Å². The molecule has 0 unspecified atom stereocenters. The lowest BCUT2D eigenvalue weighted by Crippen LogP contribution is -2.14. The number of fused-ring (bicyclic) bond motifs is 1. The molecule has 0 aliphatic heterocycles. The summed E-state index contributed by atoms with van der Waals surface area (Å²) >= 11 is 12.5. The number of pyridine rings is 1. The number of rotatable bonds is 5. The SMILES string of the molecule is Cc1ncc2nnc(-c3ccc(Nc4nn(-c5c(Cl)cccc5Cl)nc4C(N)=O)cn3)n2c1C. The second-order valence-corrected chi connectivity index (χ2v) is 8.14. The van der Waals surface area contributed by atoms with Crippen LogP contribution in [0.4, 0.5) is 11.5 Å². The van der Waals surface area contributed by atoms with Crippen LogP contribution in [-0.4, -0.2) is 45.5 Å². The number of halogens is 2. The molecule has 170 valence electrons. The lowest BCUT2D eigenvalue weighted by Gasteiger charge is -2.07. The number of benzene rings is 1. The zero-order chi connectivity index (χ0) is 24.0. The summed E-state index contributed by atoms with van der Waals surface area (Å²) in [4.78, 5) is 21.9. The molecule has 0 fully saturated rings. The van der Waals surface area contributed by atoms with E-state index in [-0.39, 0.29) is 11.5 Å². The Morgan fingerprint density at radius 3 is 2.44 bits per heavy atom.